The van der Waals surface area contributed by atoms with Crippen LogP contribution < -0.4 is 16.4 Å². The molecule has 4 nitrogen and oxygen atoms in total. The van der Waals surface area contributed by atoms with Gasteiger partial charge in [-0.3, -0.25) is 0 Å². The Hall–Kier alpha value is -1.72. The van der Waals surface area contributed by atoms with E-state index in [0.29, 0.717) is 22.9 Å². The molecular formula is C15H15BrClN3O. The number of benzene rings is 2. The van der Waals surface area contributed by atoms with Crippen molar-refractivity contribution in [1.82, 2.24) is 5.32 Å². The van der Waals surface area contributed by atoms with Crippen LogP contribution in [0.4, 0.5) is 16.2 Å². The smallest absolute Gasteiger partial charge is 0.319 e. The molecule has 0 saturated heterocycles. The normalized spacial score (nSPS) is 10.2. The van der Waals surface area contributed by atoms with Crippen molar-refractivity contribution in [2.45, 2.75) is 6.42 Å². The van der Waals surface area contributed by atoms with Crippen molar-refractivity contribution in [2.24, 2.45) is 0 Å². The highest BCUT2D eigenvalue weighted by molar-refractivity contribution is 9.10. The topological polar surface area (TPSA) is 67.1 Å². The molecule has 2 amide bonds. The third-order valence-corrected chi connectivity index (χ3v) is 3.73. The molecule has 0 heterocycles. The van der Waals surface area contributed by atoms with Gasteiger partial charge in [0.05, 0.1) is 10.7 Å². The van der Waals surface area contributed by atoms with Crippen LogP contribution in [0.1, 0.15) is 5.56 Å². The number of urea groups is 1. The minimum absolute atomic E-state index is 0.270. The van der Waals surface area contributed by atoms with Crippen LogP contribution in [0.2, 0.25) is 5.02 Å². The van der Waals surface area contributed by atoms with Gasteiger partial charge >= 0.3 is 6.03 Å². The molecule has 0 atom stereocenters. The van der Waals surface area contributed by atoms with Crippen LogP contribution in [0.25, 0.3) is 0 Å². The van der Waals surface area contributed by atoms with Crippen molar-refractivity contribution >= 4 is 44.9 Å². The first-order chi connectivity index (χ1) is 10.0. The van der Waals surface area contributed by atoms with E-state index in [1.54, 1.807) is 18.2 Å². The maximum atomic E-state index is 11.7. The molecule has 0 saturated carbocycles. The monoisotopic (exact) mass is 367 g/mol. The predicted molar refractivity (Wildman–Crippen MR) is 90.7 cm³/mol. The lowest BCUT2D eigenvalue weighted by atomic mass is 10.1. The molecule has 0 bridgehead atoms. The Morgan fingerprint density at radius 3 is 2.57 bits per heavy atom. The Morgan fingerprint density at radius 1 is 1.19 bits per heavy atom. The lowest BCUT2D eigenvalue weighted by molar-refractivity contribution is 0.252. The number of amides is 2. The number of nitrogens with two attached hydrogens (primary N) is 1. The Labute approximate surface area is 136 Å². The number of carbonyl (C=O) groups is 1. The maximum Gasteiger partial charge on any atom is 0.319 e. The number of hydrogen-bond donors (Lipinski definition) is 3. The molecule has 21 heavy (non-hydrogen) atoms. The van der Waals surface area contributed by atoms with Gasteiger partial charge < -0.3 is 16.4 Å². The van der Waals surface area contributed by atoms with Crippen molar-refractivity contribution in [3.8, 4) is 0 Å². The number of rotatable bonds is 4. The van der Waals surface area contributed by atoms with Gasteiger partial charge in [0.25, 0.3) is 0 Å². The zero-order chi connectivity index (χ0) is 15.2. The highest BCUT2D eigenvalue weighted by Crippen LogP contribution is 2.22. The second-order valence-electron chi connectivity index (χ2n) is 4.49. The summed E-state index contributed by atoms with van der Waals surface area (Å²) in [6, 6.07) is 12.7. The van der Waals surface area contributed by atoms with Crippen molar-refractivity contribution in [2.75, 3.05) is 17.6 Å². The van der Waals surface area contributed by atoms with Crippen LogP contribution in [0.3, 0.4) is 0 Å². The van der Waals surface area contributed by atoms with E-state index in [2.05, 4.69) is 26.6 Å². The summed E-state index contributed by atoms with van der Waals surface area (Å²) in [7, 11) is 0. The van der Waals surface area contributed by atoms with Crippen LogP contribution in [-0.2, 0) is 6.42 Å². The Morgan fingerprint density at radius 2 is 1.90 bits per heavy atom. The zero-order valence-corrected chi connectivity index (χ0v) is 13.5. The number of carbonyl (C=O) groups excluding carboxylic acids is 1. The molecular weight excluding hydrogens is 354 g/mol. The molecule has 4 N–H and O–H groups in total. The summed E-state index contributed by atoms with van der Waals surface area (Å²) in [5.41, 5.74) is 7.86. The van der Waals surface area contributed by atoms with E-state index in [0.717, 1.165) is 16.5 Å². The fourth-order valence-corrected chi connectivity index (χ4v) is 2.20. The molecule has 0 aliphatic carbocycles. The summed E-state index contributed by atoms with van der Waals surface area (Å²) in [6.07, 6.45) is 0.767. The fourth-order valence-electron chi connectivity index (χ4n) is 1.75. The first-order valence-electron chi connectivity index (χ1n) is 6.39. The minimum atomic E-state index is -0.270. The lowest BCUT2D eigenvalue weighted by Crippen LogP contribution is -2.30. The van der Waals surface area contributed by atoms with Gasteiger partial charge in [-0.05, 0) is 42.3 Å². The Bertz CT molecular complexity index is 631. The molecule has 0 aliphatic rings. The second-order valence-corrected chi connectivity index (χ2v) is 5.82. The van der Waals surface area contributed by atoms with Crippen LogP contribution in [0.15, 0.2) is 46.9 Å². The third-order valence-electron chi connectivity index (χ3n) is 2.87. The van der Waals surface area contributed by atoms with E-state index >= 15 is 0 Å². The highest BCUT2D eigenvalue weighted by atomic mass is 79.9. The van der Waals surface area contributed by atoms with E-state index < -0.39 is 0 Å². The third kappa shape index (κ3) is 4.95. The molecule has 0 spiro atoms. The predicted octanol–water partition coefficient (Wildman–Crippen LogP) is 4.05. The summed E-state index contributed by atoms with van der Waals surface area (Å²) in [5, 5.41) is 5.92. The summed E-state index contributed by atoms with van der Waals surface area (Å²) < 4.78 is 1.04. The van der Waals surface area contributed by atoms with Crippen molar-refractivity contribution in [1.29, 1.82) is 0 Å². The second kappa shape index (κ2) is 7.33. The zero-order valence-electron chi connectivity index (χ0n) is 11.2. The van der Waals surface area contributed by atoms with Gasteiger partial charge in [-0.25, -0.2) is 4.79 Å². The molecule has 2 rings (SSSR count). The average molecular weight is 369 g/mol. The number of hydrogen-bond acceptors (Lipinski definition) is 2. The van der Waals surface area contributed by atoms with Gasteiger partial charge in [-0.1, -0.05) is 39.7 Å². The first kappa shape index (κ1) is 15.7. The minimum Gasteiger partial charge on any atom is -0.398 e. The van der Waals surface area contributed by atoms with Crippen molar-refractivity contribution in [3.63, 3.8) is 0 Å². The number of halogens is 2. The summed E-state index contributed by atoms with van der Waals surface area (Å²) in [6.45, 7) is 0.552. The van der Waals surface area contributed by atoms with E-state index in [-0.39, 0.29) is 6.03 Å². The quantitative estimate of drug-likeness (QED) is 0.713. The van der Waals surface area contributed by atoms with Gasteiger partial charge in [-0.2, -0.15) is 0 Å². The van der Waals surface area contributed by atoms with E-state index in [1.807, 2.05) is 24.3 Å². The van der Waals surface area contributed by atoms with Gasteiger partial charge in [0.2, 0.25) is 0 Å². The summed E-state index contributed by atoms with van der Waals surface area (Å²) in [4.78, 5) is 11.7. The van der Waals surface area contributed by atoms with Gasteiger partial charge in [-0.15, -0.1) is 0 Å². The van der Waals surface area contributed by atoms with E-state index in [4.69, 9.17) is 17.3 Å². The molecule has 2 aromatic carbocycles. The van der Waals surface area contributed by atoms with Crippen molar-refractivity contribution in [3.05, 3.63) is 57.5 Å². The summed E-state index contributed by atoms with van der Waals surface area (Å²) in [5.74, 6) is 0. The van der Waals surface area contributed by atoms with Gasteiger partial charge in [0, 0.05) is 16.7 Å². The van der Waals surface area contributed by atoms with Crippen LogP contribution in [0, 0.1) is 0 Å². The van der Waals surface area contributed by atoms with Gasteiger partial charge in [0.15, 0.2) is 0 Å². The first-order valence-corrected chi connectivity index (χ1v) is 7.56. The van der Waals surface area contributed by atoms with E-state index in [9.17, 15) is 4.79 Å². The lowest BCUT2D eigenvalue weighted by Gasteiger charge is -2.09. The Kier molecular flexibility index (Phi) is 5.47. The standard InChI is InChI=1S/C15H15BrClN3O/c16-11-3-1-10(2-4-11)7-8-19-15(21)20-12-5-6-14(18)13(17)9-12/h1-6,9H,7-8,18H2,(H2,19,20,21). The number of nitrogens with one attached hydrogen (secondary N) is 2. The molecule has 6 heteroatoms. The number of anilines is 2. The van der Waals surface area contributed by atoms with Crippen LogP contribution in [0.5, 0.6) is 0 Å². The molecule has 0 aromatic heterocycles. The average Bonchev–Trinajstić information content (AvgIpc) is 2.45. The van der Waals surface area contributed by atoms with Crippen LogP contribution in [-0.4, -0.2) is 12.6 Å². The molecule has 0 radical (unpaired) electrons. The molecule has 0 fully saturated rings. The maximum absolute atomic E-state index is 11.7. The van der Waals surface area contributed by atoms with Crippen molar-refractivity contribution < 1.29 is 4.79 Å². The molecule has 0 aliphatic heterocycles. The highest BCUT2D eigenvalue weighted by Gasteiger charge is 2.03. The molecule has 2 aromatic rings. The largest absolute Gasteiger partial charge is 0.398 e. The number of nitrogen functional groups attached to an aromatic ring is 1. The summed E-state index contributed by atoms with van der Waals surface area (Å²) >= 11 is 9.28. The fraction of sp³-hybridized carbons (Fsp3) is 0.133. The SMILES string of the molecule is Nc1ccc(NC(=O)NCCc2ccc(Br)cc2)cc1Cl. The van der Waals surface area contributed by atoms with Gasteiger partial charge in [0.1, 0.15) is 0 Å². The van der Waals surface area contributed by atoms with E-state index in [1.165, 1.54) is 0 Å². The molecule has 0 unspecified atom stereocenters. The molecule has 110 valence electrons. The van der Waals surface area contributed by atoms with Crippen LogP contribution >= 0.6 is 27.5 Å². The Balaban J connectivity index is 1.79.